The van der Waals surface area contributed by atoms with E-state index >= 15 is 0 Å². The fraction of sp³-hybridized carbons (Fsp3) is 0.500. The fourth-order valence-corrected chi connectivity index (χ4v) is 5.02. The van der Waals surface area contributed by atoms with Crippen molar-refractivity contribution in [2.24, 2.45) is 23.4 Å². The van der Waals surface area contributed by atoms with Gasteiger partial charge in [-0.1, -0.05) is 5.11 Å². The van der Waals surface area contributed by atoms with E-state index < -0.39 is 11.8 Å². The Labute approximate surface area is 217 Å². The highest BCUT2D eigenvalue weighted by molar-refractivity contribution is 6.61. The van der Waals surface area contributed by atoms with Crippen molar-refractivity contribution < 1.29 is 18.3 Å². The summed E-state index contributed by atoms with van der Waals surface area (Å²) in [6, 6.07) is 3.99. The number of fused-ring (bicyclic) bond motifs is 3. The van der Waals surface area contributed by atoms with Crippen LogP contribution in [0.15, 0.2) is 30.2 Å². The lowest BCUT2D eigenvalue weighted by molar-refractivity contribution is 0.0619. The molecule has 194 valence electrons. The van der Waals surface area contributed by atoms with Crippen LogP contribution in [0.25, 0.3) is 27.6 Å². The molecule has 4 N–H and O–H groups in total. The van der Waals surface area contributed by atoms with Gasteiger partial charge in [-0.25, -0.2) is 19.6 Å². The summed E-state index contributed by atoms with van der Waals surface area (Å²) in [6.45, 7) is 2.18. The lowest BCUT2D eigenvalue weighted by Crippen LogP contribution is -2.32. The number of hydrazine groups is 1. The number of nitrogens with zero attached hydrogens (tertiary/aromatic N) is 4. The highest BCUT2D eigenvalue weighted by atomic mass is 19.3. The van der Waals surface area contributed by atoms with Gasteiger partial charge in [-0.2, -0.15) is 0 Å². The SMILES string of the molecule is BC(B)(B)/C(N)=C(\c1cnc2c3c(OCC4CC4(F)F)nccc3n(CC3CCOCC3)c2c1)N(C)N. The maximum atomic E-state index is 13.5. The number of ether oxygens (including phenoxy) is 2. The zero-order valence-corrected chi connectivity index (χ0v) is 21.9. The second-order valence-corrected chi connectivity index (χ2v) is 11.4. The minimum Gasteiger partial charge on any atom is -0.477 e. The second-order valence-electron chi connectivity index (χ2n) is 11.4. The first-order chi connectivity index (χ1) is 17.5. The number of hydrogen-bond acceptors (Lipinski definition) is 7. The van der Waals surface area contributed by atoms with Crippen molar-refractivity contribution in [3.05, 3.63) is 35.8 Å². The van der Waals surface area contributed by atoms with Crippen molar-refractivity contribution >= 4 is 51.2 Å². The van der Waals surface area contributed by atoms with E-state index in [4.69, 9.17) is 26.0 Å². The molecule has 5 rings (SSSR count). The summed E-state index contributed by atoms with van der Waals surface area (Å²) in [5.41, 5.74) is 11.3. The molecule has 1 saturated heterocycles. The largest absolute Gasteiger partial charge is 0.477 e. The number of rotatable bonds is 8. The molecule has 2 aliphatic rings. The van der Waals surface area contributed by atoms with Crippen LogP contribution < -0.4 is 16.3 Å². The van der Waals surface area contributed by atoms with Gasteiger partial charge in [0.25, 0.3) is 5.92 Å². The second kappa shape index (κ2) is 9.51. The molecule has 1 saturated carbocycles. The Balaban J connectivity index is 1.66. The summed E-state index contributed by atoms with van der Waals surface area (Å²) in [6.07, 6.45) is 5.20. The van der Waals surface area contributed by atoms with Crippen molar-refractivity contribution in [2.75, 3.05) is 26.9 Å². The van der Waals surface area contributed by atoms with Crippen LogP contribution in [-0.2, 0) is 11.3 Å². The molecule has 2 fully saturated rings. The molecule has 0 amide bonds. The monoisotopic (exact) mass is 508 g/mol. The molecule has 8 nitrogen and oxygen atoms in total. The number of pyridine rings is 2. The van der Waals surface area contributed by atoms with E-state index in [1.165, 1.54) is 5.01 Å². The Kier molecular flexibility index (Phi) is 6.64. The molecule has 0 bridgehead atoms. The molecule has 1 aliphatic carbocycles. The van der Waals surface area contributed by atoms with Crippen LogP contribution in [-0.4, -0.2) is 75.9 Å². The summed E-state index contributed by atoms with van der Waals surface area (Å²) in [5, 5.41) is 1.96. The van der Waals surface area contributed by atoms with Gasteiger partial charge in [0.05, 0.1) is 58.2 Å². The molecule has 37 heavy (non-hydrogen) atoms. The molecular formula is C24H33B3F2N6O2. The van der Waals surface area contributed by atoms with Crippen LogP contribution in [0.1, 0.15) is 24.8 Å². The molecule has 1 aliphatic heterocycles. The van der Waals surface area contributed by atoms with E-state index in [2.05, 4.69) is 15.6 Å². The number of alkyl halides is 2. The standard InChI is InChI=1S/C24H33B3F2N6O2/c1-34(31)20(21(30)24(25,26)27)14-8-17-19(33-10-14)18-16(35(17)11-13-3-6-36-7-4-13)2-5-32-22(18)37-12-15-9-23(15,28)29/h2,5,8,10,13,15H,3-4,6-7,9,11-12,25-27,30-31H2,1H3/b21-20-. The molecule has 0 aromatic carbocycles. The third-order valence-corrected chi connectivity index (χ3v) is 7.43. The van der Waals surface area contributed by atoms with Gasteiger partial charge < -0.3 is 24.8 Å². The summed E-state index contributed by atoms with van der Waals surface area (Å²) >= 11 is 0. The number of nitrogens with two attached hydrogens (primary N) is 2. The Morgan fingerprint density at radius 2 is 1.97 bits per heavy atom. The van der Waals surface area contributed by atoms with E-state index in [-0.39, 0.29) is 18.1 Å². The molecule has 3 aromatic heterocycles. The Hall–Kier alpha value is -2.79. The highest BCUT2D eigenvalue weighted by Crippen LogP contribution is 2.49. The van der Waals surface area contributed by atoms with Crippen LogP contribution in [0.5, 0.6) is 5.88 Å². The van der Waals surface area contributed by atoms with Crippen LogP contribution in [0, 0.1) is 11.8 Å². The van der Waals surface area contributed by atoms with Gasteiger partial charge in [0.2, 0.25) is 5.88 Å². The number of aromatic nitrogens is 3. The molecule has 13 heteroatoms. The van der Waals surface area contributed by atoms with Crippen LogP contribution in [0.4, 0.5) is 8.78 Å². The fourth-order valence-electron chi connectivity index (χ4n) is 5.02. The van der Waals surface area contributed by atoms with Crippen LogP contribution in [0.2, 0.25) is 5.11 Å². The third-order valence-electron chi connectivity index (χ3n) is 7.43. The van der Waals surface area contributed by atoms with Crippen molar-refractivity contribution in [3.63, 3.8) is 0 Å². The number of allylic oxidation sites excluding steroid dienone is 1. The van der Waals surface area contributed by atoms with Gasteiger partial charge in [-0.15, -0.1) is 0 Å². The van der Waals surface area contributed by atoms with Gasteiger partial charge >= 0.3 is 0 Å². The van der Waals surface area contributed by atoms with Gasteiger partial charge in [-0.3, -0.25) is 4.98 Å². The Morgan fingerprint density at radius 3 is 2.59 bits per heavy atom. The molecule has 1 atom stereocenters. The molecular weight excluding hydrogens is 475 g/mol. The molecule has 3 aromatic rings. The van der Waals surface area contributed by atoms with Crippen LogP contribution in [0.3, 0.4) is 0 Å². The normalized spacial score (nSPS) is 20.7. The number of halogens is 2. The highest BCUT2D eigenvalue weighted by Gasteiger charge is 2.57. The summed E-state index contributed by atoms with van der Waals surface area (Å²) in [7, 11) is 7.88. The van der Waals surface area contributed by atoms with Crippen molar-refractivity contribution in [3.8, 4) is 5.88 Å². The topological polar surface area (TPSA) is 104 Å². The smallest absolute Gasteiger partial charge is 0.255 e. The van der Waals surface area contributed by atoms with Crippen molar-refractivity contribution in [1.29, 1.82) is 0 Å². The first kappa shape index (κ1) is 25.8. The predicted octanol–water partition coefficient (Wildman–Crippen LogP) is 0.451. The first-order valence-corrected chi connectivity index (χ1v) is 12.8. The van der Waals surface area contributed by atoms with Crippen LogP contribution >= 0.6 is 0 Å². The van der Waals surface area contributed by atoms with Gasteiger partial charge in [0, 0.05) is 56.9 Å². The summed E-state index contributed by atoms with van der Waals surface area (Å²) < 4.78 is 40.7. The first-order valence-electron chi connectivity index (χ1n) is 12.8. The Morgan fingerprint density at radius 1 is 1.27 bits per heavy atom. The average Bonchev–Trinajstić information content (AvgIpc) is 3.34. The van der Waals surface area contributed by atoms with E-state index in [1.807, 2.05) is 29.6 Å². The molecule has 0 spiro atoms. The third kappa shape index (κ3) is 5.03. The van der Waals surface area contributed by atoms with Gasteiger partial charge in [0.1, 0.15) is 5.52 Å². The zero-order chi connectivity index (χ0) is 26.5. The molecule has 1 unspecified atom stereocenters. The lowest BCUT2D eigenvalue weighted by atomic mass is 9.41. The Bertz CT molecular complexity index is 1350. The van der Waals surface area contributed by atoms with Crippen molar-refractivity contribution in [1.82, 2.24) is 19.5 Å². The van der Waals surface area contributed by atoms with E-state index in [1.54, 1.807) is 19.4 Å². The predicted molar refractivity (Wildman–Crippen MR) is 149 cm³/mol. The van der Waals surface area contributed by atoms with Gasteiger partial charge in [-0.05, 0) is 30.9 Å². The lowest BCUT2D eigenvalue weighted by Gasteiger charge is -2.27. The minimum absolute atomic E-state index is 0.0726. The molecule has 0 radical (unpaired) electrons. The number of hydrogen-bond donors (Lipinski definition) is 2. The quantitative estimate of drug-likeness (QED) is 0.259. The van der Waals surface area contributed by atoms with Gasteiger partial charge in [0.15, 0.2) is 0 Å². The van der Waals surface area contributed by atoms with Crippen molar-refractivity contribution in [2.45, 2.75) is 36.8 Å². The summed E-state index contributed by atoms with van der Waals surface area (Å²) in [5.74, 6) is 3.59. The van der Waals surface area contributed by atoms with E-state index in [0.29, 0.717) is 28.7 Å². The van der Waals surface area contributed by atoms with E-state index in [0.717, 1.165) is 54.6 Å². The summed E-state index contributed by atoms with van der Waals surface area (Å²) in [4.78, 5) is 9.25. The minimum atomic E-state index is -2.65. The maximum Gasteiger partial charge on any atom is 0.255 e. The maximum absolute atomic E-state index is 13.5. The molecule has 4 heterocycles. The average molecular weight is 508 g/mol. The zero-order valence-electron chi connectivity index (χ0n) is 21.9. The van der Waals surface area contributed by atoms with E-state index in [9.17, 15) is 8.78 Å².